The molecule has 2 aromatic rings. The zero-order chi connectivity index (χ0) is 27.2. The SMILES string of the molecule is CCCC[C@H](N)C(=O)N[C@@H](Cc1ccc(N)cc1)C(=O)NC(=O)[C@H](CC(C)C)NCCc1ccccc1. The second-order valence-electron chi connectivity index (χ2n) is 9.98. The van der Waals surface area contributed by atoms with Gasteiger partial charge in [-0.15, -0.1) is 0 Å². The van der Waals surface area contributed by atoms with Gasteiger partial charge in [-0.1, -0.05) is 76.1 Å². The fraction of sp³-hybridized carbons (Fsp3) is 0.483. The van der Waals surface area contributed by atoms with Gasteiger partial charge in [0.05, 0.1) is 12.1 Å². The van der Waals surface area contributed by atoms with Crippen LogP contribution in [0.5, 0.6) is 0 Å². The molecule has 2 aromatic carbocycles. The minimum atomic E-state index is -0.947. The van der Waals surface area contributed by atoms with E-state index in [1.54, 1.807) is 24.3 Å². The van der Waals surface area contributed by atoms with E-state index in [-0.39, 0.29) is 12.3 Å². The summed E-state index contributed by atoms with van der Waals surface area (Å²) in [7, 11) is 0. The van der Waals surface area contributed by atoms with Gasteiger partial charge in [-0.05, 0) is 55.0 Å². The van der Waals surface area contributed by atoms with E-state index in [1.165, 1.54) is 5.56 Å². The molecule has 37 heavy (non-hydrogen) atoms. The minimum Gasteiger partial charge on any atom is -0.399 e. The number of carbonyl (C=O) groups excluding carboxylic acids is 3. The van der Waals surface area contributed by atoms with Crippen LogP contribution in [0, 0.1) is 5.92 Å². The Morgan fingerprint density at radius 2 is 1.51 bits per heavy atom. The predicted octanol–water partition coefficient (Wildman–Crippen LogP) is 2.70. The molecule has 0 aliphatic rings. The first-order chi connectivity index (χ1) is 17.7. The lowest BCUT2D eigenvalue weighted by Crippen LogP contribution is -2.56. The average Bonchev–Trinajstić information content (AvgIpc) is 2.87. The van der Waals surface area contributed by atoms with E-state index in [0.717, 1.165) is 24.8 Å². The van der Waals surface area contributed by atoms with Gasteiger partial charge in [-0.3, -0.25) is 19.7 Å². The summed E-state index contributed by atoms with van der Waals surface area (Å²) in [5, 5.41) is 8.59. The van der Waals surface area contributed by atoms with Gasteiger partial charge in [0.1, 0.15) is 6.04 Å². The average molecular weight is 510 g/mol. The maximum absolute atomic E-state index is 13.2. The van der Waals surface area contributed by atoms with Crippen LogP contribution in [0.3, 0.4) is 0 Å². The first kappa shape index (κ1) is 30.0. The van der Waals surface area contributed by atoms with Gasteiger partial charge in [-0.25, -0.2) is 0 Å². The first-order valence-corrected chi connectivity index (χ1v) is 13.2. The lowest BCUT2D eigenvalue weighted by Gasteiger charge is -2.23. The molecule has 0 aliphatic carbocycles. The summed E-state index contributed by atoms with van der Waals surface area (Å²) in [4.78, 5) is 39.1. The van der Waals surface area contributed by atoms with Gasteiger partial charge in [0, 0.05) is 12.1 Å². The van der Waals surface area contributed by atoms with Crippen molar-refractivity contribution in [3.8, 4) is 0 Å². The van der Waals surface area contributed by atoms with Crippen molar-refractivity contribution >= 4 is 23.4 Å². The topological polar surface area (TPSA) is 139 Å². The van der Waals surface area contributed by atoms with Gasteiger partial charge in [0.25, 0.3) is 0 Å². The third-order valence-electron chi connectivity index (χ3n) is 6.18. The summed E-state index contributed by atoms with van der Waals surface area (Å²) in [6.45, 7) is 6.68. The summed E-state index contributed by atoms with van der Waals surface area (Å²) in [5.41, 5.74) is 14.4. The highest BCUT2D eigenvalue weighted by atomic mass is 16.2. The number of hydrogen-bond donors (Lipinski definition) is 5. The molecule has 0 aromatic heterocycles. The highest BCUT2D eigenvalue weighted by Gasteiger charge is 2.28. The summed E-state index contributed by atoms with van der Waals surface area (Å²) in [6, 6.07) is 14.9. The molecule has 3 amide bonds. The highest BCUT2D eigenvalue weighted by molar-refractivity contribution is 6.01. The zero-order valence-corrected chi connectivity index (χ0v) is 22.3. The van der Waals surface area contributed by atoms with Crippen molar-refractivity contribution in [2.75, 3.05) is 12.3 Å². The molecule has 0 saturated heterocycles. The van der Waals surface area contributed by atoms with Crippen LogP contribution in [-0.2, 0) is 27.2 Å². The molecule has 0 saturated carbocycles. The normalized spacial score (nSPS) is 13.5. The molecule has 202 valence electrons. The largest absolute Gasteiger partial charge is 0.399 e. The number of carbonyl (C=O) groups is 3. The van der Waals surface area contributed by atoms with E-state index in [4.69, 9.17) is 11.5 Å². The van der Waals surface area contributed by atoms with E-state index >= 15 is 0 Å². The number of anilines is 1. The maximum atomic E-state index is 13.2. The number of amides is 3. The number of benzene rings is 2. The molecular formula is C29H43N5O3. The van der Waals surface area contributed by atoms with E-state index in [2.05, 4.69) is 16.0 Å². The Morgan fingerprint density at radius 1 is 0.865 bits per heavy atom. The Kier molecular flexibility index (Phi) is 12.8. The zero-order valence-electron chi connectivity index (χ0n) is 22.3. The molecule has 2 rings (SSSR count). The Labute approximate surface area is 221 Å². The Morgan fingerprint density at radius 3 is 2.14 bits per heavy atom. The van der Waals surface area contributed by atoms with Gasteiger partial charge in [0.15, 0.2) is 0 Å². The molecule has 3 atom stereocenters. The number of unbranched alkanes of at least 4 members (excludes halogenated alkanes) is 1. The van der Waals surface area contributed by atoms with Gasteiger partial charge < -0.3 is 22.1 Å². The van der Waals surface area contributed by atoms with Crippen LogP contribution < -0.4 is 27.4 Å². The lowest BCUT2D eigenvalue weighted by atomic mass is 10.0. The molecule has 0 unspecified atom stereocenters. The maximum Gasteiger partial charge on any atom is 0.249 e. The second kappa shape index (κ2) is 15.8. The highest BCUT2D eigenvalue weighted by Crippen LogP contribution is 2.10. The quantitative estimate of drug-likeness (QED) is 0.234. The van der Waals surface area contributed by atoms with Crippen LogP contribution in [0.1, 0.15) is 57.6 Å². The molecule has 0 fully saturated rings. The van der Waals surface area contributed by atoms with Gasteiger partial charge in [-0.2, -0.15) is 0 Å². The van der Waals surface area contributed by atoms with Crippen molar-refractivity contribution in [3.63, 3.8) is 0 Å². The van der Waals surface area contributed by atoms with E-state index in [9.17, 15) is 14.4 Å². The van der Waals surface area contributed by atoms with Crippen molar-refractivity contribution < 1.29 is 14.4 Å². The minimum absolute atomic E-state index is 0.210. The molecule has 0 radical (unpaired) electrons. The molecule has 0 heterocycles. The number of nitrogens with two attached hydrogens (primary N) is 2. The van der Waals surface area contributed by atoms with Crippen LogP contribution in [0.25, 0.3) is 0 Å². The van der Waals surface area contributed by atoms with Crippen molar-refractivity contribution in [3.05, 3.63) is 65.7 Å². The van der Waals surface area contributed by atoms with Gasteiger partial charge >= 0.3 is 0 Å². The molecule has 0 spiro atoms. The first-order valence-electron chi connectivity index (χ1n) is 13.2. The van der Waals surface area contributed by atoms with Crippen LogP contribution in [0.4, 0.5) is 5.69 Å². The standard InChI is InChI=1S/C29H43N5O3/c1-4-5-11-24(31)27(35)33-26(19-22-12-14-23(30)15-13-22)29(37)34-28(36)25(18-20(2)3)32-17-16-21-9-7-6-8-10-21/h6-10,12-15,20,24-26,32H,4-5,11,16-19,30-31H2,1-3H3,(H,33,35)(H,34,36,37)/t24-,25-,26-/m0/s1. The lowest BCUT2D eigenvalue weighted by molar-refractivity contribution is -0.135. The Balaban J connectivity index is 2.08. The second-order valence-corrected chi connectivity index (χ2v) is 9.98. The molecule has 0 aliphatic heterocycles. The fourth-order valence-electron chi connectivity index (χ4n) is 4.02. The summed E-state index contributed by atoms with van der Waals surface area (Å²) in [5.74, 6) is -1.12. The van der Waals surface area contributed by atoms with E-state index in [1.807, 2.05) is 51.1 Å². The van der Waals surface area contributed by atoms with E-state index < -0.39 is 35.8 Å². The van der Waals surface area contributed by atoms with Crippen LogP contribution in [0.15, 0.2) is 54.6 Å². The molecule has 0 bridgehead atoms. The van der Waals surface area contributed by atoms with Crippen LogP contribution in [0.2, 0.25) is 0 Å². The molecule has 7 N–H and O–H groups in total. The van der Waals surface area contributed by atoms with E-state index in [0.29, 0.717) is 25.1 Å². The third-order valence-corrected chi connectivity index (χ3v) is 6.18. The van der Waals surface area contributed by atoms with Crippen molar-refractivity contribution in [2.45, 2.75) is 77.4 Å². The molecule has 8 heteroatoms. The third kappa shape index (κ3) is 11.1. The van der Waals surface area contributed by atoms with Crippen molar-refractivity contribution in [1.29, 1.82) is 0 Å². The number of imide groups is 1. The smallest absolute Gasteiger partial charge is 0.249 e. The fourth-order valence-corrected chi connectivity index (χ4v) is 4.02. The summed E-state index contributed by atoms with van der Waals surface area (Å²) in [6.07, 6.45) is 3.81. The number of nitrogens with one attached hydrogen (secondary N) is 3. The number of nitrogen functional groups attached to an aromatic ring is 1. The van der Waals surface area contributed by atoms with Gasteiger partial charge in [0.2, 0.25) is 17.7 Å². The molecule has 8 nitrogen and oxygen atoms in total. The predicted molar refractivity (Wildman–Crippen MR) is 149 cm³/mol. The Bertz CT molecular complexity index is 979. The monoisotopic (exact) mass is 509 g/mol. The molecular weight excluding hydrogens is 466 g/mol. The van der Waals surface area contributed by atoms with Crippen LogP contribution >= 0.6 is 0 Å². The van der Waals surface area contributed by atoms with Crippen molar-refractivity contribution in [1.82, 2.24) is 16.0 Å². The number of hydrogen-bond acceptors (Lipinski definition) is 6. The summed E-state index contributed by atoms with van der Waals surface area (Å²) < 4.78 is 0. The van der Waals surface area contributed by atoms with Crippen LogP contribution in [-0.4, -0.2) is 42.4 Å². The Hall–Kier alpha value is -3.23. The number of rotatable bonds is 15. The summed E-state index contributed by atoms with van der Waals surface area (Å²) >= 11 is 0. The van der Waals surface area contributed by atoms with Crippen molar-refractivity contribution in [2.24, 2.45) is 11.7 Å².